The van der Waals surface area contributed by atoms with E-state index in [0.29, 0.717) is 31.7 Å². The Hall–Kier alpha value is -2.48. The Kier molecular flexibility index (Phi) is 4.14. The third-order valence-electron chi connectivity index (χ3n) is 4.42. The average molecular weight is 382 g/mol. The number of para-hydroxylation sites is 2. The van der Waals surface area contributed by atoms with Crippen LogP contribution >= 0.6 is 24.0 Å². The summed E-state index contributed by atoms with van der Waals surface area (Å²) in [6.07, 6.45) is 0. The standard InChI is InChI=1S/C19H14N2O3S2/c1-11-6-2-4-8-13(11)21-18(24)16(26-19(21)25)15-12-7-3-5-9-14(12)20(10-22)17(15)23/h2-9,22H,10H2,1H3. The number of fused-ring (bicyclic) bond motifs is 1. The first-order chi connectivity index (χ1) is 12.5. The molecule has 0 radical (unpaired) electrons. The van der Waals surface area contributed by atoms with E-state index in [1.165, 1.54) is 9.80 Å². The lowest BCUT2D eigenvalue weighted by Gasteiger charge is -2.17. The van der Waals surface area contributed by atoms with Gasteiger partial charge < -0.3 is 5.11 Å². The monoisotopic (exact) mass is 382 g/mol. The molecule has 130 valence electrons. The van der Waals surface area contributed by atoms with Crippen molar-refractivity contribution in [2.45, 2.75) is 6.92 Å². The van der Waals surface area contributed by atoms with E-state index in [9.17, 15) is 14.7 Å². The van der Waals surface area contributed by atoms with Crippen molar-refractivity contribution in [1.29, 1.82) is 0 Å². The molecule has 7 heteroatoms. The molecular formula is C19H14N2O3S2. The van der Waals surface area contributed by atoms with Crippen LogP contribution in [-0.4, -0.2) is 28.0 Å². The van der Waals surface area contributed by atoms with Crippen molar-refractivity contribution in [3.05, 3.63) is 64.6 Å². The second kappa shape index (κ2) is 6.35. The summed E-state index contributed by atoms with van der Waals surface area (Å²) < 4.78 is 0.388. The van der Waals surface area contributed by atoms with E-state index >= 15 is 0 Å². The molecule has 2 aliphatic rings. The molecule has 4 rings (SSSR count). The number of aliphatic hydroxyl groups excluding tert-OH is 1. The third kappa shape index (κ3) is 2.39. The zero-order valence-electron chi connectivity index (χ0n) is 13.8. The number of rotatable bonds is 2. The molecule has 0 unspecified atom stereocenters. The van der Waals surface area contributed by atoms with Crippen LogP contribution in [-0.2, 0) is 9.59 Å². The normalized spacial score (nSPS) is 19.5. The molecule has 0 atom stereocenters. The molecule has 0 aromatic heterocycles. The van der Waals surface area contributed by atoms with E-state index in [-0.39, 0.29) is 11.8 Å². The lowest BCUT2D eigenvalue weighted by atomic mass is 10.1. The Bertz CT molecular complexity index is 1000. The number of carbonyl (C=O) groups is 2. The number of hydrogen-bond donors (Lipinski definition) is 1. The maximum absolute atomic E-state index is 13.1. The van der Waals surface area contributed by atoms with E-state index in [4.69, 9.17) is 12.2 Å². The van der Waals surface area contributed by atoms with Crippen molar-refractivity contribution in [2.24, 2.45) is 0 Å². The van der Waals surface area contributed by atoms with Crippen LogP contribution in [0, 0.1) is 6.92 Å². The molecule has 2 amide bonds. The van der Waals surface area contributed by atoms with Crippen LogP contribution in [0.25, 0.3) is 5.57 Å². The summed E-state index contributed by atoms with van der Waals surface area (Å²) >= 11 is 6.55. The summed E-state index contributed by atoms with van der Waals surface area (Å²) in [5.41, 5.74) is 3.16. The quantitative estimate of drug-likeness (QED) is 0.639. The highest BCUT2D eigenvalue weighted by Gasteiger charge is 2.42. The third-order valence-corrected chi connectivity index (χ3v) is 5.79. The molecule has 1 fully saturated rings. The van der Waals surface area contributed by atoms with Crippen LogP contribution in [0.3, 0.4) is 0 Å². The van der Waals surface area contributed by atoms with Crippen molar-refractivity contribution in [3.8, 4) is 0 Å². The van der Waals surface area contributed by atoms with Crippen LogP contribution in [0.15, 0.2) is 53.4 Å². The number of aliphatic hydroxyl groups is 1. The molecule has 2 aromatic carbocycles. The Morgan fingerprint density at radius 2 is 1.65 bits per heavy atom. The number of nitrogens with zero attached hydrogens (tertiary/aromatic N) is 2. The van der Waals surface area contributed by atoms with Crippen molar-refractivity contribution < 1.29 is 14.7 Å². The van der Waals surface area contributed by atoms with Gasteiger partial charge in [0.1, 0.15) is 6.73 Å². The van der Waals surface area contributed by atoms with Gasteiger partial charge in [0.2, 0.25) is 0 Å². The number of amides is 2. The Morgan fingerprint density at radius 1 is 1.00 bits per heavy atom. The van der Waals surface area contributed by atoms with Crippen LogP contribution in [0.1, 0.15) is 11.1 Å². The Labute approximate surface area is 159 Å². The molecule has 0 saturated carbocycles. The SMILES string of the molecule is Cc1ccccc1N1C(=O)C(=C2C(=O)N(CO)c3ccccc32)SC1=S. The molecule has 0 bridgehead atoms. The van der Waals surface area contributed by atoms with Gasteiger partial charge in [0.05, 0.1) is 21.9 Å². The summed E-state index contributed by atoms with van der Waals surface area (Å²) in [5, 5.41) is 9.58. The number of thioether (sulfide) groups is 1. The van der Waals surface area contributed by atoms with E-state index in [1.54, 1.807) is 24.3 Å². The number of carbonyl (C=O) groups excluding carboxylic acids is 2. The summed E-state index contributed by atoms with van der Waals surface area (Å²) in [6.45, 7) is 1.46. The second-order valence-corrected chi connectivity index (χ2v) is 7.54. The molecule has 2 heterocycles. The van der Waals surface area contributed by atoms with Gasteiger partial charge >= 0.3 is 0 Å². The number of anilines is 2. The molecule has 0 spiro atoms. The predicted octanol–water partition coefficient (Wildman–Crippen LogP) is 3.07. The van der Waals surface area contributed by atoms with E-state index in [1.807, 2.05) is 31.2 Å². The van der Waals surface area contributed by atoms with E-state index in [2.05, 4.69) is 0 Å². The lowest BCUT2D eigenvalue weighted by molar-refractivity contribution is -0.115. The van der Waals surface area contributed by atoms with Crippen molar-refractivity contribution >= 4 is 57.1 Å². The number of benzene rings is 2. The topological polar surface area (TPSA) is 60.9 Å². The van der Waals surface area contributed by atoms with Gasteiger partial charge in [-0.25, -0.2) is 0 Å². The van der Waals surface area contributed by atoms with Crippen LogP contribution in [0.4, 0.5) is 11.4 Å². The lowest BCUT2D eigenvalue weighted by Crippen LogP contribution is -2.30. The maximum Gasteiger partial charge on any atom is 0.271 e. The first kappa shape index (κ1) is 17.0. The second-order valence-electron chi connectivity index (χ2n) is 5.89. The minimum Gasteiger partial charge on any atom is -0.376 e. The van der Waals surface area contributed by atoms with Gasteiger partial charge in [0.25, 0.3) is 11.8 Å². The van der Waals surface area contributed by atoms with Gasteiger partial charge in [0, 0.05) is 5.56 Å². The number of thiocarbonyl (C=S) groups is 1. The smallest absolute Gasteiger partial charge is 0.271 e. The van der Waals surface area contributed by atoms with E-state index in [0.717, 1.165) is 17.3 Å². The van der Waals surface area contributed by atoms with Gasteiger partial charge in [-0.1, -0.05) is 60.4 Å². The molecule has 0 aliphatic carbocycles. The summed E-state index contributed by atoms with van der Waals surface area (Å²) in [7, 11) is 0. The maximum atomic E-state index is 13.1. The fourth-order valence-corrected chi connectivity index (χ4v) is 4.54. The Morgan fingerprint density at radius 3 is 2.35 bits per heavy atom. The molecular weight excluding hydrogens is 368 g/mol. The minimum absolute atomic E-state index is 0.295. The molecule has 2 aliphatic heterocycles. The van der Waals surface area contributed by atoms with Gasteiger partial charge in [0.15, 0.2) is 4.32 Å². The van der Waals surface area contributed by atoms with Gasteiger partial charge in [-0.2, -0.15) is 0 Å². The van der Waals surface area contributed by atoms with Gasteiger partial charge in [-0.05, 0) is 24.6 Å². The highest BCUT2D eigenvalue weighted by atomic mass is 32.2. The molecule has 1 N–H and O–H groups in total. The molecule has 2 aromatic rings. The highest BCUT2D eigenvalue weighted by molar-refractivity contribution is 8.27. The summed E-state index contributed by atoms with van der Waals surface area (Å²) in [5.74, 6) is -0.703. The van der Waals surface area contributed by atoms with Crippen molar-refractivity contribution in [2.75, 3.05) is 16.5 Å². The molecule has 5 nitrogen and oxygen atoms in total. The fraction of sp³-hybridized carbons (Fsp3) is 0.105. The van der Waals surface area contributed by atoms with Crippen LogP contribution in [0.2, 0.25) is 0 Å². The van der Waals surface area contributed by atoms with Crippen molar-refractivity contribution in [1.82, 2.24) is 0 Å². The largest absolute Gasteiger partial charge is 0.376 e. The minimum atomic E-state index is -0.447. The zero-order valence-corrected chi connectivity index (χ0v) is 15.4. The first-order valence-electron chi connectivity index (χ1n) is 7.93. The highest BCUT2D eigenvalue weighted by Crippen LogP contribution is 2.45. The van der Waals surface area contributed by atoms with Crippen LogP contribution < -0.4 is 9.80 Å². The zero-order chi connectivity index (χ0) is 18.4. The fourth-order valence-electron chi connectivity index (χ4n) is 3.18. The summed E-state index contributed by atoms with van der Waals surface area (Å²) in [6, 6.07) is 14.6. The van der Waals surface area contributed by atoms with E-state index < -0.39 is 6.73 Å². The summed E-state index contributed by atoms with van der Waals surface area (Å²) in [4.78, 5) is 29.0. The van der Waals surface area contributed by atoms with Crippen LogP contribution in [0.5, 0.6) is 0 Å². The average Bonchev–Trinajstić information content (AvgIpc) is 3.08. The number of aryl methyl sites for hydroxylation is 1. The number of hydrogen-bond acceptors (Lipinski definition) is 5. The predicted molar refractivity (Wildman–Crippen MR) is 107 cm³/mol. The van der Waals surface area contributed by atoms with Gasteiger partial charge in [-0.3, -0.25) is 19.4 Å². The first-order valence-corrected chi connectivity index (χ1v) is 9.15. The molecule has 1 saturated heterocycles. The van der Waals surface area contributed by atoms with Crippen molar-refractivity contribution in [3.63, 3.8) is 0 Å². The molecule has 26 heavy (non-hydrogen) atoms. The Balaban J connectivity index is 1.87. The van der Waals surface area contributed by atoms with Gasteiger partial charge in [-0.15, -0.1) is 0 Å².